The number of hydrogen-bond acceptors (Lipinski definition) is 1. The number of rotatable bonds is 2. The van der Waals surface area contributed by atoms with Gasteiger partial charge in [0.05, 0.1) is 6.04 Å². The van der Waals surface area contributed by atoms with Crippen molar-refractivity contribution in [3.05, 3.63) is 35.6 Å². The van der Waals surface area contributed by atoms with E-state index in [1.807, 2.05) is 6.21 Å². The molecule has 3 aliphatic rings. The number of fused-ring (bicyclic) bond motifs is 2. The molecule has 3 fully saturated rings. The van der Waals surface area contributed by atoms with Gasteiger partial charge < -0.3 is 0 Å². The lowest BCUT2D eigenvalue weighted by atomic mass is 9.45. The zero-order valence-corrected chi connectivity index (χ0v) is 13.2. The zero-order valence-electron chi connectivity index (χ0n) is 12.3. The SMILES string of the molecule is C[C@@H]1[C@H]2C[C@@H](C[C@H]1N=Cc1ccc(F)cc1)C2(C)C.Cl. The summed E-state index contributed by atoms with van der Waals surface area (Å²) in [6.45, 7) is 7.15. The number of benzene rings is 1. The van der Waals surface area contributed by atoms with Crippen LogP contribution in [0.25, 0.3) is 0 Å². The molecule has 110 valence electrons. The molecule has 3 aliphatic carbocycles. The third-order valence-electron chi connectivity index (χ3n) is 5.60. The maximum Gasteiger partial charge on any atom is 0.123 e. The second-order valence-electron chi connectivity index (χ2n) is 6.85. The third kappa shape index (κ3) is 2.50. The van der Waals surface area contributed by atoms with E-state index in [2.05, 4.69) is 20.8 Å². The Hall–Kier alpha value is -0.890. The van der Waals surface area contributed by atoms with E-state index in [1.54, 1.807) is 12.1 Å². The largest absolute Gasteiger partial charge is 0.289 e. The summed E-state index contributed by atoms with van der Waals surface area (Å²) in [6, 6.07) is 7.01. The molecule has 0 radical (unpaired) electrons. The molecule has 0 unspecified atom stereocenters. The van der Waals surface area contributed by atoms with E-state index in [0.29, 0.717) is 17.4 Å². The summed E-state index contributed by atoms with van der Waals surface area (Å²) in [5.41, 5.74) is 1.51. The molecule has 3 heteroatoms. The molecule has 0 aromatic heterocycles. The third-order valence-corrected chi connectivity index (χ3v) is 5.60. The van der Waals surface area contributed by atoms with Crippen LogP contribution >= 0.6 is 12.4 Å². The van der Waals surface area contributed by atoms with E-state index < -0.39 is 0 Å². The molecule has 1 aromatic carbocycles. The van der Waals surface area contributed by atoms with Gasteiger partial charge in [0.2, 0.25) is 0 Å². The quantitative estimate of drug-likeness (QED) is 0.699. The maximum absolute atomic E-state index is 12.8. The van der Waals surface area contributed by atoms with Crippen LogP contribution in [-0.4, -0.2) is 12.3 Å². The molecule has 0 amide bonds. The minimum Gasteiger partial charge on any atom is -0.289 e. The van der Waals surface area contributed by atoms with Gasteiger partial charge in [-0.25, -0.2) is 4.39 Å². The van der Waals surface area contributed by atoms with Crippen molar-refractivity contribution in [3.63, 3.8) is 0 Å². The molecular formula is C17H23ClFN. The second kappa shape index (κ2) is 5.48. The lowest BCUT2D eigenvalue weighted by Crippen LogP contribution is -2.56. The number of hydrogen-bond donors (Lipinski definition) is 0. The van der Waals surface area contributed by atoms with Crippen LogP contribution in [0.2, 0.25) is 0 Å². The highest BCUT2D eigenvalue weighted by molar-refractivity contribution is 5.85. The second-order valence-corrected chi connectivity index (χ2v) is 6.85. The van der Waals surface area contributed by atoms with Crippen molar-refractivity contribution in [3.8, 4) is 0 Å². The Morgan fingerprint density at radius 1 is 1.20 bits per heavy atom. The molecule has 1 aromatic rings. The molecule has 0 aliphatic heterocycles. The fraction of sp³-hybridized carbons (Fsp3) is 0.588. The Morgan fingerprint density at radius 3 is 2.40 bits per heavy atom. The van der Waals surface area contributed by atoms with Gasteiger partial charge >= 0.3 is 0 Å². The van der Waals surface area contributed by atoms with Gasteiger partial charge in [-0.1, -0.05) is 32.9 Å². The Morgan fingerprint density at radius 2 is 1.85 bits per heavy atom. The number of nitrogens with zero attached hydrogens (tertiary/aromatic N) is 1. The van der Waals surface area contributed by atoms with Gasteiger partial charge in [0.1, 0.15) is 5.82 Å². The summed E-state index contributed by atoms with van der Waals surface area (Å²) < 4.78 is 12.8. The van der Waals surface area contributed by atoms with Crippen LogP contribution in [0, 0.1) is 29.0 Å². The molecule has 0 N–H and O–H groups in total. The van der Waals surface area contributed by atoms with Crippen molar-refractivity contribution in [2.24, 2.45) is 28.2 Å². The Bertz CT molecular complexity index is 494. The van der Waals surface area contributed by atoms with E-state index in [9.17, 15) is 4.39 Å². The van der Waals surface area contributed by atoms with Gasteiger partial charge in [-0.3, -0.25) is 4.99 Å². The van der Waals surface area contributed by atoms with E-state index in [0.717, 1.165) is 17.4 Å². The van der Waals surface area contributed by atoms with Crippen molar-refractivity contribution < 1.29 is 4.39 Å². The average molecular weight is 296 g/mol. The molecule has 0 saturated heterocycles. The molecule has 4 atom stereocenters. The molecule has 0 heterocycles. The maximum atomic E-state index is 12.8. The lowest BCUT2D eigenvalue weighted by Gasteiger charge is -2.61. The van der Waals surface area contributed by atoms with Gasteiger partial charge in [0, 0.05) is 6.21 Å². The zero-order chi connectivity index (χ0) is 13.6. The average Bonchev–Trinajstić information content (AvgIpc) is 2.38. The highest BCUT2D eigenvalue weighted by Gasteiger charge is 2.56. The summed E-state index contributed by atoms with van der Waals surface area (Å²) in [4.78, 5) is 4.76. The van der Waals surface area contributed by atoms with Gasteiger partial charge in [-0.2, -0.15) is 0 Å². The Kier molecular flexibility index (Phi) is 4.24. The van der Waals surface area contributed by atoms with Crippen LogP contribution in [0.15, 0.2) is 29.3 Å². The first-order valence-corrected chi connectivity index (χ1v) is 7.27. The highest BCUT2D eigenvalue weighted by Crippen LogP contribution is 2.61. The summed E-state index contributed by atoms with van der Waals surface area (Å²) in [5.74, 6) is 2.13. The molecule has 20 heavy (non-hydrogen) atoms. The van der Waals surface area contributed by atoms with Gasteiger partial charge in [-0.05, 0) is 53.7 Å². The minimum atomic E-state index is -0.189. The molecule has 1 nitrogen and oxygen atoms in total. The Labute approximate surface area is 127 Å². The van der Waals surface area contributed by atoms with Crippen molar-refractivity contribution in [1.82, 2.24) is 0 Å². The molecule has 3 saturated carbocycles. The first-order chi connectivity index (χ1) is 8.98. The van der Waals surface area contributed by atoms with Crippen LogP contribution < -0.4 is 0 Å². The predicted octanol–water partition coefficient (Wildman–Crippen LogP) is 4.74. The fourth-order valence-corrected chi connectivity index (χ4v) is 4.05. The van der Waals surface area contributed by atoms with Crippen LogP contribution in [0.5, 0.6) is 0 Å². The smallest absolute Gasteiger partial charge is 0.123 e. The minimum absolute atomic E-state index is 0. The standard InChI is InChI=1S/C17H22FN.ClH/c1-11-15-8-13(17(15,2)3)9-16(11)19-10-12-4-6-14(18)7-5-12;/h4-7,10-11,13,15-16H,8-9H2,1-3H3;1H/t11-,13+,15-,16-;/m1./s1. The van der Waals surface area contributed by atoms with E-state index in [1.165, 1.54) is 25.0 Å². The van der Waals surface area contributed by atoms with Crippen LogP contribution in [0.1, 0.15) is 39.2 Å². The van der Waals surface area contributed by atoms with Gasteiger partial charge in [0.15, 0.2) is 0 Å². The first-order valence-electron chi connectivity index (χ1n) is 7.27. The van der Waals surface area contributed by atoms with Crippen molar-refractivity contribution >= 4 is 18.6 Å². The first kappa shape index (κ1) is 15.5. The van der Waals surface area contributed by atoms with Crippen molar-refractivity contribution in [2.75, 3.05) is 0 Å². The summed E-state index contributed by atoms with van der Waals surface area (Å²) >= 11 is 0. The highest BCUT2D eigenvalue weighted by atomic mass is 35.5. The van der Waals surface area contributed by atoms with Crippen molar-refractivity contribution in [2.45, 2.75) is 39.7 Å². The van der Waals surface area contributed by atoms with Crippen LogP contribution in [-0.2, 0) is 0 Å². The predicted molar refractivity (Wildman–Crippen MR) is 84.2 cm³/mol. The topological polar surface area (TPSA) is 12.4 Å². The van der Waals surface area contributed by atoms with Crippen molar-refractivity contribution in [1.29, 1.82) is 0 Å². The fourth-order valence-electron chi connectivity index (χ4n) is 4.05. The molecular weight excluding hydrogens is 273 g/mol. The molecule has 0 spiro atoms. The van der Waals surface area contributed by atoms with E-state index in [4.69, 9.17) is 4.99 Å². The van der Waals surface area contributed by atoms with E-state index >= 15 is 0 Å². The van der Waals surface area contributed by atoms with Crippen LogP contribution in [0.4, 0.5) is 4.39 Å². The number of halogens is 2. The molecule has 2 bridgehead atoms. The summed E-state index contributed by atoms with van der Waals surface area (Å²) in [6.07, 6.45) is 4.51. The summed E-state index contributed by atoms with van der Waals surface area (Å²) in [7, 11) is 0. The summed E-state index contributed by atoms with van der Waals surface area (Å²) in [5, 5.41) is 0. The number of aliphatic imine (C=N–C) groups is 1. The lowest BCUT2D eigenvalue weighted by molar-refractivity contribution is -0.108. The van der Waals surface area contributed by atoms with Gasteiger partial charge in [0.25, 0.3) is 0 Å². The monoisotopic (exact) mass is 295 g/mol. The van der Waals surface area contributed by atoms with E-state index in [-0.39, 0.29) is 18.2 Å². The normalized spacial score (nSPS) is 34.4. The van der Waals surface area contributed by atoms with Gasteiger partial charge in [-0.15, -0.1) is 12.4 Å². The van der Waals surface area contributed by atoms with Crippen LogP contribution in [0.3, 0.4) is 0 Å². The molecule has 4 rings (SSSR count). The Balaban J connectivity index is 0.00000147.